The van der Waals surface area contributed by atoms with E-state index < -0.39 is 0 Å². The van der Waals surface area contributed by atoms with Gasteiger partial charge in [0.15, 0.2) is 0 Å². The van der Waals surface area contributed by atoms with E-state index >= 15 is 0 Å². The quantitative estimate of drug-likeness (QED) is 0.694. The Kier molecular flexibility index (Phi) is 5.00. The van der Waals surface area contributed by atoms with Gasteiger partial charge < -0.3 is 5.32 Å². The Morgan fingerprint density at radius 1 is 1.33 bits per heavy atom. The normalized spacial score (nSPS) is 20.1. The molecule has 4 rings (SSSR count). The molecular formula is C21H24FN3OS. The second-order valence-corrected chi connectivity index (χ2v) is 8.67. The standard InChI is InChI=1S/C21H24FN3OS/c1-13-4-3-5-17(10-13)23-20(26)19-11-18-14(2)24-25(21(18)27-19)12-15-6-8-16(22)9-7-15/h6-9,11,13,17H,3-5,10,12H2,1-2H3,(H,23,26). The average molecular weight is 386 g/mol. The summed E-state index contributed by atoms with van der Waals surface area (Å²) in [4.78, 5) is 14.5. The van der Waals surface area contributed by atoms with Gasteiger partial charge in [0.25, 0.3) is 5.91 Å². The van der Waals surface area contributed by atoms with Gasteiger partial charge in [-0.25, -0.2) is 4.39 Å². The van der Waals surface area contributed by atoms with Crippen LogP contribution < -0.4 is 5.32 Å². The highest BCUT2D eigenvalue weighted by Gasteiger charge is 2.23. The van der Waals surface area contributed by atoms with Crippen molar-refractivity contribution in [1.82, 2.24) is 15.1 Å². The Balaban J connectivity index is 1.55. The van der Waals surface area contributed by atoms with Gasteiger partial charge in [-0.3, -0.25) is 9.48 Å². The number of hydrogen-bond acceptors (Lipinski definition) is 3. The average Bonchev–Trinajstić information content (AvgIpc) is 3.19. The number of carbonyl (C=O) groups is 1. The first-order chi connectivity index (χ1) is 13.0. The summed E-state index contributed by atoms with van der Waals surface area (Å²) < 4.78 is 15.0. The monoisotopic (exact) mass is 385 g/mol. The number of aryl methyl sites for hydroxylation is 1. The Morgan fingerprint density at radius 3 is 2.85 bits per heavy atom. The first-order valence-corrected chi connectivity index (χ1v) is 10.3. The minimum Gasteiger partial charge on any atom is -0.349 e. The molecule has 3 aromatic rings. The fraction of sp³-hybridized carbons (Fsp3) is 0.429. The molecule has 2 unspecified atom stereocenters. The second kappa shape index (κ2) is 7.43. The van der Waals surface area contributed by atoms with Gasteiger partial charge in [-0.05, 0) is 49.4 Å². The van der Waals surface area contributed by atoms with Crippen molar-refractivity contribution in [2.24, 2.45) is 5.92 Å². The Hall–Kier alpha value is -2.21. The molecule has 0 bridgehead atoms. The first kappa shape index (κ1) is 18.2. The van der Waals surface area contributed by atoms with E-state index in [1.165, 1.54) is 36.3 Å². The van der Waals surface area contributed by atoms with Crippen LogP contribution in [0, 0.1) is 18.7 Å². The number of nitrogens with one attached hydrogen (secondary N) is 1. The van der Waals surface area contributed by atoms with Crippen LogP contribution in [0.4, 0.5) is 4.39 Å². The van der Waals surface area contributed by atoms with Gasteiger partial charge >= 0.3 is 0 Å². The molecule has 0 radical (unpaired) electrons. The zero-order chi connectivity index (χ0) is 19.0. The number of amides is 1. The molecule has 27 heavy (non-hydrogen) atoms. The number of nitrogens with zero attached hydrogens (tertiary/aromatic N) is 2. The predicted octanol–water partition coefficient (Wildman–Crippen LogP) is 4.90. The summed E-state index contributed by atoms with van der Waals surface area (Å²) in [5.74, 6) is 0.452. The van der Waals surface area contributed by atoms with Crippen LogP contribution in [0.25, 0.3) is 10.2 Å². The van der Waals surface area contributed by atoms with Crippen molar-refractivity contribution in [3.63, 3.8) is 0 Å². The Bertz CT molecular complexity index is 960. The summed E-state index contributed by atoms with van der Waals surface area (Å²) in [6, 6.07) is 8.68. The maximum atomic E-state index is 13.1. The van der Waals surface area contributed by atoms with Crippen molar-refractivity contribution in [3.05, 3.63) is 52.3 Å². The number of rotatable bonds is 4. The van der Waals surface area contributed by atoms with Crippen molar-refractivity contribution in [2.45, 2.75) is 52.1 Å². The third-order valence-electron chi connectivity index (χ3n) is 5.35. The van der Waals surface area contributed by atoms with Crippen LogP contribution in [-0.2, 0) is 6.54 Å². The fourth-order valence-corrected chi connectivity index (χ4v) is 4.98. The minimum absolute atomic E-state index is 0.0167. The maximum absolute atomic E-state index is 13.1. The number of hydrogen-bond donors (Lipinski definition) is 1. The molecule has 1 saturated carbocycles. The second-order valence-electron chi connectivity index (χ2n) is 7.64. The van der Waals surface area contributed by atoms with Gasteiger partial charge in [0.05, 0.1) is 17.1 Å². The van der Waals surface area contributed by atoms with Crippen molar-refractivity contribution in [2.75, 3.05) is 0 Å². The van der Waals surface area contributed by atoms with Crippen LogP contribution in [0.5, 0.6) is 0 Å². The molecular weight excluding hydrogens is 361 g/mol. The molecule has 2 heterocycles. The van der Waals surface area contributed by atoms with E-state index in [2.05, 4.69) is 17.3 Å². The Labute approximate surface area is 162 Å². The molecule has 2 aromatic heterocycles. The number of aromatic nitrogens is 2. The van der Waals surface area contributed by atoms with E-state index in [0.717, 1.165) is 39.2 Å². The third kappa shape index (κ3) is 3.90. The molecule has 1 amide bonds. The molecule has 6 heteroatoms. The van der Waals surface area contributed by atoms with E-state index in [9.17, 15) is 9.18 Å². The fourth-order valence-electron chi connectivity index (χ4n) is 3.92. The van der Waals surface area contributed by atoms with Crippen LogP contribution >= 0.6 is 11.3 Å². The van der Waals surface area contributed by atoms with Gasteiger partial charge in [0.2, 0.25) is 0 Å². The largest absolute Gasteiger partial charge is 0.349 e. The number of halogens is 1. The van der Waals surface area contributed by atoms with Crippen LogP contribution in [-0.4, -0.2) is 21.7 Å². The van der Waals surface area contributed by atoms with Gasteiger partial charge in [0.1, 0.15) is 10.6 Å². The molecule has 1 N–H and O–H groups in total. The van der Waals surface area contributed by atoms with Crippen LogP contribution in [0.15, 0.2) is 30.3 Å². The molecule has 1 aromatic carbocycles. The van der Waals surface area contributed by atoms with E-state index in [1.807, 2.05) is 17.7 Å². The SMILES string of the molecule is Cc1nn(Cc2ccc(F)cc2)c2sc(C(=O)NC3CCCC(C)C3)cc12. The minimum atomic E-state index is -0.243. The zero-order valence-electron chi connectivity index (χ0n) is 15.7. The lowest BCUT2D eigenvalue weighted by atomic mass is 9.87. The first-order valence-electron chi connectivity index (χ1n) is 9.52. The number of carbonyl (C=O) groups excluding carboxylic acids is 1. The van der Waals surface area contributed by atoms with E-state index in [1.54, 1.807) is 12.1 Å². The highest BCUT2D eigenvalue weighted by molar-refractivity contribution is 7.20. The topological polar surface area (TPSA) is 46.9 Å². The van der Waals surface area contributed by atoms with Crippen molar-refractivity contribution < 1.29 is 9.18 Å². The Morgan fingerprint density at radius 2 is 2.11 bits per heavy atom. The summed E-state index contributed by atoms with van der Waals surface area (Å²) in [6.07, 6.45) is 4.57. The highest BCUT2D eigenvalue weighted by Crippen LogP contribution is 2.30. The molecule has 1 aliphatic rings. The maximum Gasteiger partial charge on any atom is 0.261 e. The molecule has 2 atom stereocenters. The summed E-state index contributed by atoms with van der Waals surface area (Å²) in [5, 5.41) is 8.82. The van der Waals surface area contributed by atoms with Crippen molar-refractivity contribution in [1.29, 1.82) is 0 Å². The lowest BCUT2D eigenvalue weighted by Crippen LogP contribution is -2.37. The van der Waals surface area contributed by atoms with Gasteiger partial charge in [-0.2, -0.15) is 5.10 Å². The van der Waals surface area contributed by atoms with Gasteiger partial charge in [-0.1, -0.05) is 31.9 Å². The van der Waals surface area contributed by atoms with Gasteiger partial charge in [-0.15, -0.1) is 11.3 Å². The van der Waals surface area contributed by atoms with Crippen LogP contribution in [0.3, 0.4) is 0 Å². The molecule has 0 spiro atoms. The molecule has 4 nitrogen and oxygen atoms in total. The van der Waals surface area contributed by atoms with E-state index in [-0.39, 0.29) is 17.8 Å². The molecule has 0 aliphatic heterocycles. The molecule has 1 fully saturated rings. The summed E-state index contributed by atoms with van der Waals surface area (Å²) in [5.41, 5.74) is 1.89. The van der Waals surface area contributed by atoms with Crippen LogP contribution in [0.1, 0.15) is 53.5 Å². The lowest BCUT2D eigenvalue weighted by Gasteiger charge is -2.27. The van der Waals surface area contributed by atoms with E-state index in [0.29, 0.717) is 12.5 Å². The van der Waals surface area contributed by atoms with E-state index in [4.69, 9.17) is 0 Å². The van der Waals surface area contributed by atoms with Crippen molar-refractivity contribution >= 4 is 27.5 Å². The molecule has 0 saturated heterocycles. The summed E-state index contributed by atoms with van der Waals surface area (Å²) in [6.45, 7) is 4.78. The molecule has 1 aliphatic carbocycles. The smallest absolute Gasteiger partial charge is 0.261 e. The zero-order valence-corrected chi connectivity index (χ0v) is 16.5. The summed E-state index contributed by atoms with van der Waals surface area (Å²) >= 11 is 1.48. The lowest BCUT2D eigenvalue weighted by molar-refractivity contribution is 0.0925. The summed E-state index contributed by atoms with van der Waals surface area (Å²) in [7, 11) is 0. The predicted molar refractivity (Wildman–Crippen MR) is 107 cm³/mol. The molecule has 142 valence electrons. The highest BCUT2D eigenvalue weighted by atomic mass is 32.1. The number of fused-ring (bicyclic) bond motifs is 1. The number of benzene rings is 1. The number of thiophene rings is 1. The van der Waals surface area contributed by atoms with Crippen LogP contribution in [0.2, 0.25) is 0 Å². The van der Waals surface area contributed by atoms with Gasteiger partial charge in [0, 0.05) is 11.4 Å². The third-order valence-corrected chi connectivity index (χ3v) is 6.50. The van der Waals surface area contributed by atoms with Crippen molar-refractivity contribution in [3.8, 4) is 0 Å².